The van der Waals surface area contributed by atoms with Gasteiger partial charge in [-0.15, -0.1) is 11.3 Å². The van der Waals surface area contributed by atoms with E-state index in [4.69, 9.17) is 9.73 Å². The number of ether oxygens (including phenoxy) is 1. The van der Waals surface area contributed by atoms with E-state index >= 15 is 0 Å². The Kier molecular flexibility index (Phi) is 6.12. The normalized spacial score (nSPS) is 13.2. The first-order valence-electron chi connectivity index (χ1n) is 8.57. The van der Waals surface area contributed by atoms with Gasteiger partial charge in [0.25, 0.3) is 0 Å². The van der Waals surface area contributed by atoms with E-state index in [-0.39, 0.29) is 6.04 Å². The minimum absolute atomic E-state index is 0.177. The fourth-order valence-electron chi connectivity index (χ4n) is 3.09. The third kappa shape index (κ3) is 3.85. The Labute approximate surface area is 167 Å². The molecule has 0 N–H and O–H groups in total. The summed E-state index contributed by atoms with van der Waals surface area (Å²) in [6, 6.07) is 14.8. The molecule has 0 amide bonds. The summed E-state index contributed by atoms with van der Waals surface area (Å²) < 4.78 is 8.79. The Morgan fingerprint density at radius 1 is 1.12 bits per heavy atom. The molecular weight excluding hydrogens is 408 g/mol. The Bertz CT molecular complexity index is 954. The molecule has 26 heavy (non-hydrogen) atoms. The van der Waals surface area contributed by atoms with Gasteiger partial charge in [0.15, 0.2) is 4.80 Å². The predicted octanol–water partition coefficient (Wildman–Crippen LogP) is 6.04. The highest BCUT2D eigenvalue weighted by Gasteiger charge is 2.16. The number of aryl methyl sites for hydroxylation is 2. The van der Waals surface area contributed by atoms with E-state index < -0.39 is 0 Å². The lowest BCUT2D eigenvalue weighted by Crippen LogP contribution is -2.23. The first-order valence-corrected chi connectivity index (χ1v) is 10.2. The molecule has 3 nitrogen and oxygen atoms in total. The largest absolute Gasteiger partial charge is 0.383 e. The van der Waals surface area contributed by atoms with Gasteiger partial charge in [-0.25, -0.2) is 4.99 Å². The molecular formula is C21H23BrN2OS. The number of nitrogens with zero attached hydrogens (tertiary/aromatic N) is 2. The molecule has 2 aromatic carbocycles. The number of methoxy groups -OCH3 is 1. The summed E-state index contributed by atoms with van der Waals surface area (Å²) in [4.78, 5) is 6.01. The van der Waals surface area contributed by atoms with Gasteiger partial charge in [-0.2, -0.15) is 0 Å². The van der Waals surface area contributed by atoms with E-state index in [0.29, 0.717) is 6.61 Å². The molecule has 1 atom stereocenters. The van der Waals surface area contributed by atoms with Gasteiger partial charge in [0.05, 0.1) is 24.0 Å². The van der Waals surface area contributed by atoms with Crippen molar-refractivity contribution in [3.8, 4) is 11.3 Å². The molecule has 0 aliphatic heterocycles. The topological polar surface area (TPSA) is 26.5 Å². The number of para-hydroxylation sites is 1. The molecule has 0 radical (unpaired) electrons. The summed E-state index contributed by atoms with van der Waals surface area (Å²) in [6.45, 7) is 7.02. The summed E-state index contributed by atoms with van der Waals surface area (Å²) >= 11 is 5.35. The Morgan fingerprint density at radius 2 is 1.81 bits per heavy atom. The van der Waals surface area contributed by atoms with Gasteiger partial charge in [-0.3, -0.25) is 0 Å². The van der Waals surface area contributed by atoms with Crippen LogP contribution in [0.2, 0.25) is 0 Å². The van der Waals surface area contributed by atoms with Gasteiger partial charge in [-0.1, -0.05) is 52.3 Å². The van der Waals surface area contributed by atoms with Crippen molar-refractivity contribution in [2.45, 2.75) is 26.8 Å². The Balaban J connectivity index is 2.24. The van der Waals surface area contributed by atoms with Crippen LogP contribution in [-0.2, 0) is 4.74 Å². The van der Waals surface area contributed by atoms with Crippen LogP contribution < -0.4 is 4.80 Å². The summed E-state index contributed by atoms with van der Waals surface area (Å²) in [6.07, 6.45) is 0. The summed E-state index contributed by atoms with van der Waals surface area (Å²) in [7, 11) is 1.74. The van der Waals surface area contributed by atoms with Crippen LogP contribution in [0.1, 0.15) is 24.1 Å². The molecule has 3 aromatic rings. The van der Waals surface area contributed by atoms with Crippen LogP contribution in [0.25, 0.3) is 11.3 Å². The standard InChI is InChI=1S/C21H23BrN2OS/c1-14-8-7-9-15(2)20(14)23-21-24(16(3)12-25-4)19(13-26-21)17-10-5-6-11-18(17)22/h5-11,13,16H,12H2,1-4H3. The number of hydrogen-bond donors (Lipinski definition) is 0. The number of hydrogen-bond acceptors (Lipinski definition) is 3. The molecule has 0 spiro atoms. The van der Waals surface area contributed by atoms with Gasteiger partial charge >= 0.3 is 0 Å². The smallest absolute Gasteiger partial charge is 0.190 e. The molecule has 0 saturated heterocycles. The second-order valence-electron chi connectivity index (χ2n) is 6.41. The molecule has 3 rings (SSSR count). The highest BCUT2D eigenvalue weighted by Crippen LogP contribution is 2.31. The van der Waals surface area contributed by atoms with E-state index in [1.165, 1.54) is 11.1 Å². The molecule has 0 aliphatic rings. The first-order chi connectivity index (χ1) is 12.5. The maximum Gasteiger partial charge on any atom is 0.190 e. The second kappa shape index (κ2) is 8.33. The minimum atomic E-state index is 0.177. The molecule has 0 saturated carbocycles. The van der Waals surface area contributed by atoms with Crippen molar-refractivity contribution < 1.29 is 4.74 Å². The van der Waals surface area contributed by atoms with Crippen LogP contribution in [0.15, 0.2) is 57.3 Å². The predicted molar refractivity (Wildman–Crippen MR) is 113 cm³/mol. The first kappa shape index (κ1) is 19.1. The fourth-order valence-corrected chi connectivity index (χ4v) is 4.57. The van der Waals surface area contributed by atoms with Gasteiger partial charge < -0.3 is 9.30 Å². The lowest BCUT2D eigenvalue weighted by atomic mass is 10.1. The Morgan fingerprint density at radius 3 is 2.46 bits per heavy atom. The zero-order valence-corrected chi connectivity index (χ0v) is 17.9. The lowest BCUT2D eigenvalue weighted by molar-refractivity contribution is 0.162. The highest BCUT2D eigenvalue weighted by atomic mass is 79.9. The molecule has 1 aromatic heterocycles. The van der Waals surface area contributed by atoms with Crippen LogP contribution in [0.5, 0.6) is 0 Å². The van der Waals surface area contributed by atoms with Crippen molar-refractivity contribution >= 4 is 33.0 Å². The third-order valence-electron chi connectivity index (χ3n) is 4.39. The van der Waals surface area contributed by atoms with Crippen molar-refractivity contribution in [2.24, 2.45) is 4.99 Å². The minimum Gasteiger partial charge on any atom is -0.383 e. The van der Waals surface area contributed by atoms with Crippen molar-refractivity contribution in [2.75, 3.05) is 13.7 Å². The lowest BCUT2D eigenvalue weighted by Gasteiger charge is -2.17. The second-order valence-corrected chi connectivity index (χ2v) is 8.10. The molecule has 5 heteroatoms. The van der Waals surface area contributed by atoms with Crippen LogP contribution in [0.4, 0.5) is 5.69 Å². The van der Waals surface area contributed by atoms with Gasteiger partial charge in [0.2, 0.25) is 0 Å². The average Bonchev–Trinajstić information content (AvgIpc) is 3.02. The maximum atomic E-state index is 5.43. The average molecular weight is 431 g/mol. The zero-order valence-electron chi connectivity index (χ0n) is 15.5. The number of halogens is 1. The monoisotopic (exact) mass is 430 g/mol. The molecule has 136 valence electrons. The third-order valence-corrected chi connectivity index (χ3v) is 5.92. The van der Waals surface area contributed by atoms with Crippen molar-refractivity contribution in [3.05, 3.63) is 68.2 Å². The van der Waals surface area contributed by atoms with E-state index in [2.05, 4.69) is 83.0 Å². The van der Waals surface area contributed by atoms with Crippen LogP contribution in [0.3, 0.4) is 0 Å². The van der Waals surface area contributed by atoms with Crippen LogP contribution >= 0.6 is 27.3 Å². The number of benzene rings is 2. The van der Waals surface area contributed by atoms with Crippen LogP contribution in [-0.4, -0.2) is 18.3 Å². The van der Waals surface area contributed by atoms with Gasteiger partial charge in [0, 0.05) is 22.5 Å². The van der Waals surface area contributed by atoms with Crippen molar-refractivity contribution in [1.82, 2.24) is 4.57 Å². The van der Waals surface area contributed by atoms with Crippen molar-refractivity contribution in [3.63, 3.8) is 0 Å². The highest BCUT2D eigenvalue weighted by molar-refractivity contribution is 9.10. The SMILES string of the molecule is COCC(C)n1c(-c2ccccc2Br)csc1=Nc1c(C)cccc1C. The summed E-state index contributed by atoms with van der Waals surface area (Å²) in [5.41, 5.74) is 5.73. The summed E-state index contributed by atoms with van der Waals surface area (Å²) in [5.74, 6) is 0. The van der Waals surface area contributed by atoms with Crippen LogP contribution in [0, 0.1) is 13.8 Å². The number of aromatic nitrogens is 1. The fraction of sp³-hybridized carbons (Fsp3) is 0.286. The molecule has 0 aliphatic carbocycles. The zero-order chi connectivity index (χ0) is 18.7. The number of thiazole rings is 1. The van der Waals surface area contributed by atoms with E-state index in [9.17, 15) is 0 Å². The maximum absolute atomic E-state index is 5.43. The molecule has 0 fully saturated rings. The van der Waals surface area contributed by atoms with E-state index in [1.54, 1.807) is 18.4 Å². The van der Waals surface area contributed by atoms with Gasteiger partial charge in [0.1, 0.15) is 0 Å². The summed E-state index contributed by atoms with van der Waals surface area (Å²) in [5, 5.41) is 2.18. The Hall–Kier alpha value is -1.69. The van der Waals surface area contributed by atoms with E-state index in [0.717, 1.165) is 26.2 Å². The number of rotatable bonds is 5. The molecule has 1 unspecified atom stereocenters. The van der Waals surface area contributed by atoms with Crippen molar-refractivity contribution in [1.29, 1.82) is 0 Å². The quantitative estimate of drug-likeness (QED) is 0.484. The molecule has 0 bridgehead atoms. The van der Waals surface area contributed by atoms with E-state index in [1.807, 2.05) is 6.07 Å². The molecule has 1 heterocycles. The van der Waals surface area contributed by atoms with Gasteiger partial charge in [-0.05, 0) is 38.0 Å².